The predicted octanol–water partition coefficient (Wildman–Crippen LogP) is 14.0. The lowest BCUT2D eigenvalue weighted by Crippen LogP contribution is -2.25. The highest BCUT2D eigenvalue weighted by Gasteiger charge is 2.52. The first-order valence-electron chi connectivity index (χ1n) is 19.3. The molecule has 1 spiro atoms. The summed E-state index contributed by atoms with van der Waals surface area (Å²) >= 11 is 0. The zero-order chi connectivity index (χ0) is 35.5. The quantitative estimate of drug-likeness (QED) is 0.162. The molecule has 0 N–H and O–H groups in total. The fraction of sp³-hybridized carbons (Fsp3) is 0.0741. The third-order valence-electron chi connectivity index (χ3n) is 13.6. The maximum absolute atomic E-state index is 2.58. The molecule has 0 bridgehead atoms. The van der Waals surface area contributed by atoms with E-state index in [-0.39, 0.29) is 10.8 Å². The Morgan fingerprint density at radius 2 is 0.870 bits per heavy atom. The van der Waals surface area contributed by atoms with Crippen LogP contribution in [0.1, 0.15) is 47.2 Å². The molecule has 250 valence electrons. The maximum Gasteiger partial charge on any atom is 0.0725 e. The van der Waals surface area contributed by atoms with E-state index in [1.165, 1.54) is 122 Å². The Kier molecular flexibility index (Phi) is 5.22. The van der Waals surface area contributed by atoms with Crippen molar-refractivity contribution in [2.45, 2.75) is 24.7 Å². The molecule has 0 atom stereocenters. The molecule has 4 aliphatic rings. The van der Waals surface area contributed by atoms with Crippen LogP contribution in [-0.4, -0.2) is 0 Å². The van der Waals surface area contributed by atoms with Crippen LogP contribution in [0.15, 0.2) is 170 Å². The molecule has 0 aromatic heterocycles. The fourth-order valence-corrected chi connectivity index (χ4v) is 11.4. The number of benzene rings is 9. The highest BCUT2D eigenvalue weighted by molar-refractivity contribution is 6.23. The molecule has 0 nitrogen and oxygen atoms in total. The van der Waals surface area contributed by atoms with Crippen molar-refractivity contribution in [1.29, 1.82) is 0 Å². The summed E-state index contributed by atoms with van der Waals surface area (Å²) in [6.45, 7) is 4.72. The summed E-state index contributed by atoms with van der Waals surface area (Å²) in [6.07, 6.45) is 0. The SMILES string of the molecule is CC1(C)c2ccccc2-c2cc(-c3cccc4cc5c(cc34)-c3cccc4c6c(cc-5c34)C3(c4ccccc4-c4ccccc43)c3ccccc3-6)ccc21. The van der Waals surface area contributed by atoms with Crippen LogP contribution in [-0.2, 0) is 10.8 Å². The van der Waals surface area contributed by atoms with Crippen LogP contribution in [0, 0.1) is 0 Å². The topological polar surface area (TPSA) is 0 Å². The molecule has 9 aromatic carbocycles. The van der Waals surface area contributed by atoms with Gasteiger partial charge in [0.1, 0.15) is 0 Å². The number of rotatable bonds is 1. The van der Waals surface area contributed by atoms with E-state index in [0.717, 1.165) is 0 Å². The van der Waals surface area contributed by atoms with E-state index in [2.05, 4.69) is 184 Å². The monoisotopic (exact) mass is 682 g/mol. The van der Waals surface area contributed by atoms with Crippen LogP contribution in [0.2, 0.25) is 0 Å². The van der Waals surface area contributed by atoms with Gasteiger partial charge in [0, 0.05) is 5.41 Å². The maximum atomic E-state index is 2.58. The zero-order valence-electron chi connectivity index (χ0n) is 30.2. The Balaban J connectivity index is 1.07. The van der Waals surface area contributed by atoms with Crippen LogP contribution in [0.25, 0.3) is 88.3 Å². The molecule has 0 unspecified atom stereocenters. The average molecular weight is 683 g/mol. The van der Waals surface area contributed by atoms with Crippen LogP contribution in [0.3, 0.4) is 0 Å². The van der Waals surface area contributed by atoms with E-state index in [9.17, 15) is 0 Å². The van der Waals surface area contributed by atoms with E-state index in [0.29, 0.717) is 0 Å². The Morgan fingerprint density at radius 3 is 1.61 bits per heavy atom. The fourth-order valence-electron chi connectivity index (χ4n) is 11.4. The molecule has 4 aliphatic carbocycles. The summed E-state index contributed by atoms with van der Waals surface area (Å²) in [6, 6.07) is 65.0. The van der Waals surface area contributed by atoms with E-state index in [1.807, 2.05) is 0 Å². The van der Waals surface area contributed by atoms with Gasteiger partial charge in [-0.3, -0.25) is 0 Å². The average Bonchev–Trinajstić information content (AvgIpc) is 3.88. The first-order chi connectivity index (χ1) is 26.5. The molecule has 0 radical (unpaired) electrons. The third-order valence-corrected chi connectivity index (χ3v) is 13.6. The molecule has 0 saturated carbocycles. The smallest absolute Gasteiger partial charge is 0.0619 e. The largest absolute Gasteiger partial charge is 0.0725 e. The Morgan fingerprint density at radius 1 is 0.315 bits per heavy atom. The molecule has 54 heavy (non-hydrogen) atoms. The van der Waals surface area contributed by atoms with E-state index < -0.39 is 0 Å². The van der Waals surface area contributed by atoms with Crippen LogP contribution < -0.4 is 0 Å². The Labute approximate surface area is 315 Å². The Hall–Kier alpha value is -6.50. The molecular formula is C54H34. The number of fused-ring (bicyclic) bond motifs is 18. The first-order valence-corrected chi connectivity index (χ1v) is 19.3. The highest BCUT2D eigenvalue weighted by atomic mass is 14.5. The number of hydrogen-bond donors (Lipinski definition) is 0. The summed E-state index contributed by atoms with van der Waals surface area (Å²) in [5.74, 6) is 0. The highest BCUT2D eigenvalue weighted by Crippen LogP contribution is 2.65. The van der Waals surface area contributed by atoms with Crippen LogP contribution in [0.4, 0.5) is 0 Å². The molecule has 13 rings (SSSR count). The van der Waals surface area contributed by atoms with Gasteiger partial charge < -0.3 is 0 Å². The molecule has 0 heteroatoms. The molecule has 9 aromatic rings. The lowest BCUT2D eigenvalue weighted by Gasteiger charge is -2.30. The minimum Gasteiger partial charge on any atom is -0.0619 e. The lowest BCUT2D eigenvalue weighted by molar-refractivity contribution is 0.660. The molecule has 0 fully saturated rings. The van der Waals surface area contributed by atoms with Gasteiger partial charge in [0.05, 0.1) is 5.41 Å². The molecular weight excluding hydrogens is 649 g/mol. The molecule has 0 aliphatic heterocycles. The normalized spacial score (nSPS) is 15.1. The molecule has 0 amide bonds. The predicted molar refractivity (Wildman–Crippen MR) is 225 cm³/mol. The van der Waals surface area contributed by atoms with Crippen molar-refractivity contribution in [2.24, 2.45) is 0 Å². The van der Waals surface area contributed by atoms with Crippen molar-refractivity contribution in [1.82, 2.24) is 0 Å². The van der Waals surface area contributed by atoms with Crippen molar-refractivity contribution in [3.8, 4) is 66.8 Å². The van der Waals surface area contributed by atoms with Crippen molar-refractivity contribution < 1.29 is 0 Å². The van der Waals surface area contributed by atoms with Gasteiger partial charge in [-0.2, -0.15) is 0 Å². The summed E-state index contributed by atoms with van der Waals surface area (Å²) in [7, 11) is 0. The van der Waals surface area contributed by atoms with Crippen molar-refractivity contribution >= 4 is 21.5 Å². The molecule has 0 saturated heterocycles. The summed E-state index contributed by atoms with van der Waals surface area (Å²) < 4.78 is 0. The summed E-state index contributed by atoms with van der Waals surface area (Å²) in [5.41, 5.74) is 24.1. The molecule has 0 heterocycles. The standard InChI is InChI=1S/C54H34/c1-53(2)45-21-7-3-16-36(45)43-28-32(25-26-46(43)53)33-18-11-13-31-27-41-42(29-40(31)33)37-19-12-20-39-51(37)44(41)30-50-52(39)38-17-6-10-24-49(38)54(50)47-22-8-4-14-34(47)35-15-5-9-23-48(35)54/h3-30H,1-2H3. The van der Waals surface area contributed by atoms with Crippen LogP contribution in [0.5, 0.6) is 0 Å². The van der Waals surface area contributed by atoms with Crippen molar-refractivity contribution in [2.75, 3.05) is 0 Å². The minimum atomic E-state index is -0.368. The van der Waals surface area contributed by atoms with Gasteiger partial charge in [-0.1, -0.05) is 159 Å². The Bertz CT molecular complexity index is 3140. The van der Waals surface area contributed by atoms with Gasteiger partial charge in [0.2, 0.25) is 0 Å². The summed E-state index contributed by atoms with van der Waals surface area (Å²) in [4.78, 5) is 0. The second kappa shape index (κ2) is 9.72. The van der Waals surface area contributed by atoms with Gasteiger partial charge in [-0.25, -0.2) is 0 Å². The van der Waals surface area contributed by atoms with Gasteiger partial charge >= 0.3 is 0 Å². The van der Waals surface area contributed by atoms with Gasteiger partial charge in [-0.05, 0) is 146 Å². The minimum absolute atomic E-state index is 0.00345. The lowest BCUT2D eigenvalue weighted by atomic mass is 9.70. The van der Waals surface area contributed by atoms with E-state index in [4.69, 9.17) is 0 Å². The zero-order valence-corrected chi connectivity index (χ0v) is 30.2. The first kappa shape index (κ1) is 29.0. The number of hydrogen-bond acceptors (Lipinski definition) is 0. The van der Waals surface area contributed by atoms with E-state index >= 15 is 0 Å². The van der Waals surface area contributed by atoms with Crippen molar-refractivity contribution in [3.63, 3.8) is 0 Å². The van der Waals surface area contributed by atoms with Gasteiger partial charge in [-0.15, -0.1) is 0 Å². The summed E-state index contributed by atoms with van der Waals surface area (Å²) in [5, 5.41) is 5.32. The van der Waals surface area contributed by atoms with E-state index in [1.54, 1.807) is 0 Å². The van der Waals surface area contributed by atoms with Gasteiger partial charge in [0.15, 0.2) is 0 Å². The third kappa shape index (κ3) is 3.25. The van der Waals surface area contributed by atoms with Gasteiger partial charge in [0.25, 0.3) is 0 Å². The second-order valence-electron chi connectivity index (χ2n) is 16.3. The van der Waals surface area contributed by atoms with Crippen molar-refractivity contribution in [3.05, 3.63) is 203 Å². The second-order valence-corrected chi connectivity index (χ2v) is 16.3. The van der Waals surface area contributed by atoms with Crippen LogP contribution >= 0.6 is 0 Å².